The van der Waals surface area contributed by atoms with Crippen molar-refractivity contribution in [3.8, 4) is 0 Å². The maximum Gasteiger partial charge on any atom is 0.240 e. The number of piperidine rings is 1. The minimum Gasteiger partial charge on any atom is -0.368 e. The number of carbonyl (C=O) groups excluding carboxylic acids is 2. The van der Waals surface area contributed by atoms with Gasteiger partial charge in [0.25, 0.3) is 0 Å². The van der Waals surface area contributed by atoms with Crippen LogP contribution < -0.4 is 5.73 Å². The zero-order valence-corrected chi connectivity index (χ0v) is 12.2. The quantitative estimate of drug-likeness (QED) is 0.917. The largest absolute Gasteiger partial charge is 0.368 e. The number of nitrogens with two attached hydrogens (primary N) is 1. The number of hydrogen-bond donors (Lipinski definition) is 1. The smallest absolute Gasteiger partial charge is 0.240 e. The first-order valence-electron chi connectivity index (χ1n) is 6.68. The summed E-state index contributed by atoms with van der Waals surface area (Å²) in [5.41, 5.74) is 5.40. The Kier molecular flexibility index (Phi) is 4.24. The monoisotopic (exact) mass is 280 g/mol. The Balaban J connectivity index is 2.15. The Labute approximate surface area is 117 Å². The molecule has 2 heterocycles. The van der Waals surface area contributed by atoms with Crippen molar-refractivity contribution >= 4 is 23.2 Å². The molecule has 0 aromatic carbocycles. The first-order chi connectivity index (χ1) is 9.02. The molecule has 0 aliphatic carbocycles. The fourth-order valence-corrected chi connectivity index (χ4v) is 3.66. The molecule has 5 heteroatoms. The molecule has 0 spiro atoms. The number of rotatable bonds is 4. The molecule has 4 nitrogen and oxygen atoms in total. The Morgan fingerprint density at radius 3 is 2.84 bits per heavy atom. The summed E-state index contributed by atoms with van der Waals surface area (Å²) in [5.74, 6) is -0.0150. The second-order valence-corrected chi connectivity index (χ2v) is 6.38. The number of nitrogens with zero attached hydrogens (tertiary/aromatic N) is 1. The molecule has 1 aliphatic heterocycles. The van der Waals surface area contributed by atoms with Crippen LogP contribution in [0.3, 0.4) is 0 Å². The van der Waals surface area contributed by atoms with Gasteiger partial charge in [0.2, 0.25) is 11.8 Å². The SMILES string of the molecule is CCC(C(N)=O)N1CC(c2ccc(C)s2)CCC1=O. The summed E-state index contributed by atoms with van der Waals surface area (Å²) in [7, 11) is 0. The summed E-state index contributed by atoms with van der Waals surface area (Å²) in [6, 6.07) is 3.77. The van der Waals surface area contributed by atoms with Crippen molar-refractivity contribution in [2.75, 3.05) is 6.54 Å². The van der Waals surface area contributed by atoms with Crippen LogP contribution in [0.5, 0.6) is 0 Å². The summed E-state index contributed by atoms with van der Waals surface area (Å²) in [4.78, 5) is 27.7. The minimum absolute atomic E-state index is 0.0511. The van der Waals surface area contributed by atoms with Crippen molar-refractivity contribution in [3.05, 3.63) is 21.9 Å². The van der Waals surface area contributed by atoms with Gasteiger partial charge in [0, 0.05) is 28.6 Å². The van der Waals surface area contributed by atoms with Crippen LogP contribution >= 0.6 is 11.3 Å². The van der Waals surface area contributed by atoms with E-state index in [0.29, 0.717) is 25.3 Å². The van der Waals surface area contributed by atoms with Gasteiger partial charge < -0.3 is 10.6 Å². The van der Waals surface area contributed by atoms with Gasteiger partial charge in [-0.2, -0.15) is 0 Å². The summed E-state index contributed by atoms with van der Waals surface area (Å²) in [5, 5.41) is 0. The highest BCUT2D eigenvalue weighted by Crippen LogP contribution is 2.33. The highest BCUT2D eigenvalue weighted by atomic mass is 32.1. The van der Waals surface area contributed by atoms with E-state index in [4.69, 9.17) is 5.73 Å². The van der Waals surface area contributed by atoms with Crippen LogP contribution in [-0.4, -0.2) is 29.3 Å². The van der Waals surface area contributed by atoms with Gasteiger partial charge in [-0.05, 0) is 31.9 Å². The molecule has 2 amide bonds. The van der Waals surface area contributed by atoms with Crippen molar-refractivity contribution in [2.45, 2.75) is 45.1 Å². The molecule has 1 saturated heterocycles. The molecule has 2 atom stereocenters. The standard InChI is InChI=1S/C14H20N2O2S/c1-3-11(14(15)18)16-8-10(5-7-13(16)17)12-6-4-9(2)19-12/h4,6,10-11H,3,5,7-8H2,1-2H3,(H2,15,18). The maximum absolute atomic E-state index is 12.0. The van der Waals surface area contributed by atoms with Crippen LogP contribution in [0.4, 0.5) is 0 Å². The molecular weight excluding hydrogens is 260 g/mol. The van der Waals surface area contributed by atoms with E-state index < -0.39 is 11.9 Å². The minimum atomic E-state index is -0.462. The van der Waals surface area contributed by atoms with E-state index in [9.17, 15) is 9.59 Å². The van der Waals surface area contributed by atoms with Crippen LogP contribution in [0.15, 0.2) is 12.1 Å². The maximum atomic E-state index is 12.0. The lowest BCUT2D eigenvalue weighted by Crippen LogP contribution is -2.51. The molecule has 2 N–H and O–H groups in total. The molecule has 0 saturated carbocycles. The Morgan fingerprint density at radius 2 is 2.32 bits per heavy atom. The summed E-state index contributed by atoms with van der Waals surface area (Å²) < 4.78 is 0. The third-order valence-corrected chi connectivity index (χ3v) is 4.86. The number of thiophene rings is 1. The second-order valence-electron chi connectivity index (χ2n) is 5.06. The van der Waals surface area contributed by atoms with Gasteiger partial charge in [-0.1, -0.05) is 6.92 Å². The van der Waals surface area contributed by atoms with E-state index in [1.165, 1.54) is 9.75 Å². The average molecular weight is 280 g/mol. The molecule has 1 aromatic heterocycles. The molecule has 2 rings (SSSR count). The molecule has 0 radical (unpaired) electrons. The van der Waals surface area contributed by atoms with Crippen molar-refractivity contribution in [1.29, 1.82) is 0 Å². The summed E-state index contributed by atoms with van der Waals surface area (Å²) in [6.07, 6.45) is 1.95. The van der Waals surface area contributed by atoms with Crippen molar-refractivity contribution in [3.63, 3.8) is 0 Å². The topological polar surface area (TPSA) is 63.4 Å². The lowest BCUT2D eigenvalue weighted by atomic mass is 9.94. The van der Waals surface area contributed by atoms with E-state index in [2.05, 4.69) is 19.1 Å². The zero-order chi connectivity index (χ0) is 14.0. The van der Waals surface area contributed by atoms with E-state index in [1.54, 1.807) is 16.2 Å². The molecule has 0 bridgehead atoms. The zero-order valence-electron chi connectivity index (χ0n) is 11.4. The second kappa shape index (κ2) is 5.74. The number of amides is 2. The van der Waals surface area contributed by atoms with Gasteiger partial charge in [-0.25, -0.2) is 0 Å². The van der Waals surface area contributed by atoms with Gasteiger partial charge in [-0.15, -0.1) is 11.3 Å². The van der Waals surface area contributed by atoms with Crippen LogP contribution in [0.1, 0.15) is 41.9 Å². The normalized spacial score (nSPS) is 21.5. The third kappa shape index (κ3) is 2.97. The van der Waals surface area contributed by atoms with Crippen molar-refractivity contribution in [1.82, 2.24) is 4.90 Å². The van der Waals surface area contributed by atoms with E-state index in [1.807, 2.05) is 6.92 Å². The van der Waals surface area contributed by atoms with Gasteiger partial charge >= 0.3 is 0 Å². The molecule has 1 aliphatic rings. The first kappa shape index (κ1) is 14.1. The van der Waals surface area contributed by atoms with E-state index in [-0.39, 0.29) is 5.91 Å². The third-order valence-electron chi connectivity index (χ3n) is 3.70. The lowest BCUT2D eigenvalue weighted by Gasteiger charge is -2.36. The predicted octanol–water partition coefficient (Wildman–Crippen LogP) is 2.03. The van der Waals surface area contributed by atoms with Crippen molar-refractivity contribution in [2.24, 2.45) is 5.73 Å². The van der Waals surface area contributed by atoms with Crippen molar-refractivity contribution < 1.29 is 9.59 Å². The van der Waals surface area contributed by atoms with E-state index >= 15 is 0 Å². The molecular formula is C14H20N2O2S. The fraction of sp³-hybridized carbons (Fsp3) is 0.571. The molecule has 19 heavy (non-hydrogen) atoms. The highest BCUT2D eigenvalue weighted by Gasteiger charge is 2.33. The molecule has 1 aromatic rings. The van der Waals surface area contributed by atoms with Gasteiger partial charge in [0.1, 0.15) is 6.04 Å². The Bertz CT molecular complexity index is 484. The number of aryl methyl sites for hydroxylation is 1. The average Bonchev–Trinajstić information content (AvgIpc) is 2.79. The van der Waals surface area contributed by atoms with Crippen LogP contribution in [-0.2, 0) is 9.59 Å². The van der Waals surface area contributed by atoms with Gasteiger partial charge in [0.05, 0.1) is 0 Å². The first-order valence-corrected chi connectivity index (χ1v) is 7.49. The Hall–Kier alpha value is -1.36. The molecule has 1 fully saturated rings. The lowest BCUT2D eigenvalue weighted by molar-refractivity contribution is -0.142. The number of primary amides is 1. The van der Waals surface area contributed by atoms with E-state index in [0.717, 1.165) is 6.42 Å². The predicted molar refractivity (Wildman–Crippen MR) is 76.0 cm³/mol. The van der Waals surface area contributed by atoms with Gasteiger partial charge in [-0.3, -0.25) is 9.59 Å². The fourth-order valence-electron chi connectivity index (χ4n) is 2.65. The van der Waals surface area contributed by atoms with Crippen LogP contribution in [0.2, 0.25) is 0 Å². The molecule has 104 valence electrons. The number of carbonyl (C=O) groups is 2. The Morgan fingerprint density at radius 1 is 1.58 bits per heavy atom. The molecule has 2 unspecified atom stereocenters. The van der Waals surface area contributed by atoms with Crippen LogP contribution in [0, 0.1) is 6.92 Å². The number of hydrogen-bond acceptors (Lipinski definition) is 3. The highest BCUT2D eigenvalue weighted by molar-refractivity contribution is 7.12. The van der Waals surface area contributed by atoms with Gasteiger partial charge in [0.15, 0.2) is 0 Å². The number of likely N-dealkylation sites (tertiary alicyclic amines) is 1. The van der Waals surface area contributed by atoms with Crippen LogP contribution in [0.25, 0.3) is 0 Å². The summed E-state index contributed by atoms with van der Waals surface area (Å²) >= 11 is 1.77. The summed E-state index contributed by atoms with van der Waals surface area (Å²) in [6.45, 7) is 4.58.